The number of carbonyl (C=O) groups is 2. The molecule has 0 unspecified atom stereocenters. The topological polar surface area (TPSA) is 62.1 Å². The molecule has 2 fully saturated rings. The van der Waals surface area contributed by atoms with E-state index in [1.165, 1.54) is 75.5 Å². The molecule has 8 rings (SSSR count). The predicted octanol–water partition coefficient (Wildman–Crippen LogP) is 13.6. The van der Waals surface area contributed by atoms with Gasteiger partial charge in [-0.25, -0.2) is 0 Å². The number of aliphatic imine (C=N–C) groups is 2. The number of benzene rings is 4. The van der Waals surface area contributed by atoms with E-state index < -0.39 is 0 Å². The maximum atomic E-state index is 12.0. The lowest BCUT2D eigenvalue weighted by Gasteiger charge is -2.23. The summed E-state index contributed by atoms with van der Waals surface area (Å²) in [6.07, 6.45) is 14.3. The Morgan fingerprint density at radius 3 is 1.11 bits per heavy atom. The van der Waals surface area contributed by atoms with Crippen LogP contribution in [0.5, 0.6) is 0 Å². The third-order valence-corrected chi connectivity index (χ3v) is 9.66. The molecule has 1 saturated heterocycles. The summed E-state index contributed by atoms with van der Waals surface area (Å²) < 4.78 is 0. The Morgan fingerprint density at radius 2 is 0.732 bits per heavy atom. The van der Waals surface area contributed by atoms with Gasteiger partial charge >= 0.3 is 0 Å². The van der Waals surface area contributed by atoms with Crippen LogP contribution in [0.15, 0.2) is 107 Å². The zero-order valence-electron chi connectivity index (χ0n) is 36.3. The van der Waals surface area contributed by atoms with E-state index in [0.717, 1.165) is 57.9 Å². The normalized spacial score (nSPS) is 15.2. The minimum Gasteiger partial charge on any atom is -0.372 e. The molecule has 0 atom stereocenters. The average Bonchev–Trinajstić information content (AvgIpc) is 3.59. The summed E-state index contributed by atoms with van der Waals surface area (Å²) >= 11 is 0. The van der Waals surface area contributed by atoms with Crippen LogP contribution in [0.3, 0.4) is 0 Å². The van der Waals surface area contributed by atoms with Crippen molar-refractivity contribution in [2.24, 2.45) is 9.98 Å². The number of ketones is 2. The van der Waals surface area contributed by atoms with Gasteiger partial charge in [0.15, 0.2) is 11.6 Å². The van der Waals surface area contributed by atoms with Gasteiger partial charge in [0.1, 0.15) is 13.1 Å². The highest BCUT2D eigenvalue weighted by atomic mass is 16.1. The molecule has 5 nitrogen and oxygen atoms in total. The Labute approximate surface area is 340 Å². The van der Waals surface area contributed by atoms with Crippen molar-refractivity contribution in [1.82, 2.24) is 0 Å². The second-order valence-corrected chi connectivity index (χ2v) is 13.2. The number of aryl methyl sites for hydroxylation is 1. The zero-order chi connectivity index (χ0) is 41.1. The van der Waals surface area contributed by atoms with E-state index in [9.17, 15) is 9.59 Å². The lowest BCUT2D eigenvalue weighted by molar-refractivity contribution is 0.0992. The summed E-state index contributed by atoms with van der Waals surface area (Å²) in [5.41, 5.74) is 10.0. The molecule has 3 heterocycles. The SMILES string of the molecule is C1CCCCC1.CC.CC.CC.CC.Cc1ccc(C2=NCC(=O)c3ccccc32)cc1.O=C1CN=C(c2ccc(N3CCCCCC3)cc2)c2ccccc21. The highest BCUT2D eigenvalue weighted by Crippen LogP contribution is 2.25. The molecule has 4 aromatic carbocycles. The fraction of sp³-hybridized carbons (Fsp3) is 0.451. The van der Waals surface area contributed by atoms with Crippen LogP contribution >= 0.6 is 0 Å². The molecule has 4 aromatic rings. The summed E-state index contributed by atoms with van der Waals surface area (Å²) in [6.45, 7) is 20.9. The number of carbonyl (C=O) groups excluding carboxylic acids is 2. The van der Waals surface area contributed by atoms with Gasteiger partial charge in [-0.3, -0.25) is 19.6 Å². The molecule has 0 amide bonds. The van der Waals surface area contributed by atoms with E-state index in [-0.39, 0.29) is 24.7 Å². The van der Waals surface area contributed by atoms with Crippen molar-refractivity contribution in [1.29, 1.82) is 0 Å². The first-order chi connectivity index (χ1) is 27.6. The van der Waals surface area contributed by atoms with Crippen LogP contribution < -0.4 is 4.90 Å². The van der Waals surface area contributed by atoms with E-state index in [1.54, 1.807) is 0 Å². The number of anilines is 1. The molecule has 5 heteroatoms. The maximum Gasteiger partial charge on any atom is 0.184 e. The van der Waals surface area contributed by atoms with Crippen LogP contribution in [0.1, 0.15) is 168 Å². The number of rotatable bonds is 3. The summed E-state index contributed by atoms with van der Waals surface area (Å²) in [6, 6.07) is 32.4. The van der Waals surface area contributed by atoms with Crippen LogP contribution in [-0.2, 0) is 0 Å². The quantitative estimate of drug-likeness (QED) is 0.209. The Morgan fingerprint density at radius 1 is 0.411 bits per heavy atom. The van der Waals surface area contributed by atoms with Gasteiger partial charge in [0, 0.05) is 52.2 Å². The molecule has 4 aliphatic rings. The van der Waals surface area contributed by atoms with Gasteiger partial charge < -0.3 is 4.90 Å². The highest BCUT2D eigenvalue weighted by Gasteiger charge is 2.22. The molecule has 56 heavy (non-hydrogen) atoms. The molecule has 3 aliphatic heterocycles. The smallest absolute Gasteiger partial charge is 0.184 e. The van der Waals surface area contributed by atoms with Crippen LogP contribution in [0.4, 0.5) is 5.69 Å². The van der Waals surface area contributed by atoms with E-state index in [1.807, 2.05) is 104 Å². The second-order valence-electron chi connectivity index (χ2n) is 13.2. The minimum absolute atomic E-state index is 0.0986. The molecule has 0 radical (unpaired) electrons. The summed E-state index contributed by atoms with van der Waals surface area (Å²) in [5.74, 6) is 0.206. The monoisotopic (exact) mass is 758 g/mol. The van der Waals surface area contributed by atoms with Crippen LogP contribution in [-0.4, -0.2) is 49.2 Å². The van der Waals surface area contributed by atoms with Crippen molar-refractivity contribution in [2.45, 2.75) is 127 Å². The van der Waals surface area contributed by atoms with Crippen molar-refractivity contribution in [3.63, 3.8) is 0 Å². The first-order valence-corrected chi connectivity index (χ1v) is 21.8. The van der Waals surface area contributed by atoms with Crippen molar-refractivity contribution < 1.29 is 9.59 Å². The average molecular weight is 758 g/mol. The largest absolute Gasteiger partial charge is 0.372 e. The van der Waals surface area contributed by atoms with Crippen molar-refractivity contribution >= 4 is 28.7 Å². The molecule has 0 N–H and O–H groups in total. The number of hydrogen-bond acceptors (Lipinski definition) is 5. The molecule has 302 valence electrons. The summed E-state index contributed by atoms with van der Waals surface area (Å²) in [5, 5.41) is 0. The van der Waals surface area contributed by atoms with Gasteiger partial charge in [0.25, 0.3) is 0 Å². The first kappa shape index (κ1) is 47.5. The molecule has 1 saturated carbocycles. The standard InChI is InChI=1S/C21H22N2O.C16H13NO.C6H12.4C2H6/c24-20-15-22-21(19-8-4-3-7-18(19)20)16-9-11-17(12-10-16)23-13-5-1-2-6-14-23;1-11-6-8-12(9-7-11)16-14-5-3-2-4-13(14)15(18)10-17-16;1-2-4-6-5-3-1;4*1-2/h3-4,7-12H,1-2,5-6,13-15H2;2-9H,10H2,1H3;1-6H2;4*1-2H3. The highest BCUT2D eigenvalue weighted by molar-refractivity contribution is 6.22. The number of fused-ring (bicyclic) bond motifs is 2. The Hall–Kier alpha value is -4.64. The van der Waals surface area contributed by atoms with E-state index in [4.69, 9.17) is 0 Å². The van der Waals surface area contributed by atoms with Crippen molar-refractivity contribution in [2.75, 3.05) is 31.1 Å². The van der Waals surface area contributed by atoms with E-state index in [0.29, 0.717) is 0 Å². The Bertz CT molecular complexity index is 1750. The van der Waals surface area contributed by atoms with Gasteiger partial charge in [0.05, 0.1) is 11.4 Å². The van der Waals surface area contributed by atoms with Gasteiger partial charge in [0.2, 0.25) is 0 Å². The van der Waals surface area contributed by atoms with E-state index in [2.05, 4.69) is 70.3 Å². The Balaban J connectivity index is 0.000000297. The van der Waals surface area contributed by atoms with Crippen LogP contribution in [0.25, 0.3) is 0 Å². The molecular formula is C51H71N3O2. The second kappa shape index (κ2) is 27.9. The van der Waals surface area contributed by atoms with Gasteiger partial charge in [-0.2, -0.15) is 0 Å². The van der Waals surface area contributed by atoms with E-state index >= 15 is 0 Å². The fourth-order valence-corrected chi connectivity index (χ4v) is 6.93. The molecule has 0 aromatic heterocycles. The van der Waals surface area contributed by atoms with Crippen molar-refractivity contribution in [3.8, 4) is 0 Å². The van der Waals surface area contributed by atoms with Gasteiger partial charge in [-0.1, -0.05) is 197 Å². The minimum atomic E-state index is 0.0986. The zero-order valence-corrected chi connectivity index (χ0v) is 36.3. The van der Waals surface area contributed by atoms with Crippen molar-refractivity contribution in [3.05, 3.63) is 136 Å². The Kier molecular flexibility index (Phi) is 23.6. The van der Waals surface area contributed by atoms with Gasteiger partial charge in [-0.15, -0.1) is 0 Å². The summed E-state index contributed by atoms with van der Waals surface area (Å²) in [7, 11) is 0. The van der Waals surface area contributed by atoms with Crippen LogP contribution in [0.2, 0.25) is 0 Å². The predicted molar refractivity (Wildman–Crippen MR) is 244 cm³/mol. The number of Topliss-reactive ketones (excluding diaryl/α,β-unsaturated/α-hetero) is 2. The summed E-state index contributed by atoms with van der Waals surface area (Å²) in [4.78, 5) is 35.3. The molecular weight excluding hydrogens is 687 g/mol. The fourth-order valence-electron chi connectivity index (χ4n) is 6.93. The van der Waals surface area contributed by atoms with Crippen LogP contribution in [0, 0.1) is 6.92 Å². The third-order valence-electron chi connectivity index (χ3n) is 9.66. The molecule has 0 spiro atoms. The number of hydrogen-bond donors (Lipinski definition) is 0. The third kappa shape index (κ3) is 14.1. The first-order valence-electron chi connectivity index (χ1n) is 21.8. The lowest BCUT2D eigenvalue weighted by atomic mass is 9.92. The molecule has 0 bridgehead atoms. The van der Waals surface area contributed by atoms with Gasteiger partial charge in [-0.05, 0) is 31.9 Å². The number of nitrogens with zero attached hydrogens (tertiary/aromatic N) is 3. The maximum absolute atomic E-state index is 12.0. The molecule has 1 aliphatic carbocycles. The lowest BCUT2D eigenvalue weighted by Crippen LogP contribution is -2.24.